The number of anilines is 1. The first kappa shape index (κ1) is 14.7. The monoisotopic (exact) mass is 313 g/mol. The Morgan fingerprint density at radius 1 is 1.37 bits per heavy atom. The van der Waals surface area contributed by atoms with Crippen molar-refractivity contribution in [1.82, 2.24) is 9.97 Å². The maximum Gasteiger partial charge on any atom is 0.393 e. The summed E-state index contributed by atoms with van der Waals surface area (Å²) in [5, 5.41) is 0.189. The molecule has 3 nitrogen and oxygen atoms in total. The Bertz CT molecular complexity index is 453. The number of aromatic nitrogens is 2. The minimum Gasteiger partial charge on any atom is -0.356 e. The minimum atomic E-state index is -4.18. The van der Waals surface area contributed by atoms with Crippen LogP contribution in [0.25, 0.3) is 0 Å². The number of hydrogen-bond acceptors (Lipinski definition) is 3. The van der Waals surface area contributed by atoms with Gasteiger partial charge >= 0.3 is 6.18 Å². The fraction of sp³-hybridized carbons (Fsp3) is 0.636. The van der Waals surface area contributed by atoms with E-state index in [1.165, 1.54) is 6.33 Å². The van der Waals surface area contributed by atoms with Gasteiger partial charge in [-0.1, -0.05) is 11.6 Å². The molecular formula is C11H12Cl2F3N3. The minimum absolute atomic E-state index is 0.0716. The van der Waals surface area contributed by atoms with Crippen molar-refractivity contribution < 1.29 is 13.2 Å². The Balaban J connectivity index is 2.25. The molecule has 1 aromatic rings. The van der Waals surface area contributed by atoms with Gasteiger partial charge in [-0.2, -0.15) is 13.2 Å². The highest BCUT2D eigenvalue weighted by molar-refractivity contribution is 6.31. The second-order valence-corrected chi connectivity index (χ2v) is 5.05. The van der Waals surface area contributed by atoms with E-state index in [0.717, 1.165) is 0 Å². The van der Waals surface area contributed by atoms with Crippen molar-refractivity contribution in [3.63, 3.8) is 0 Å². The molecular weight excluding hydrogens is 302 g/mol. The molecule has 8 heteroatoms. The lowest BCUT2D eigenvalue weighted by Gasteiger charge is -2.35. The smallest absolute Gasteiger partial charge is 0.356 e. The van der Waals surface area contributed by atoms with Gasteiger partial charge in [-0.15, -0.1) is 11.6 Å². The third-order valence-electron chi connectivity index (χ3n) is 3.19. The highest BCUT2D eigenvalue weighted by Gasteiger charge is 2.42. The molecule has 0 amide bonds. The summed E-state index contributed by atoms with van der Waals surface area (Å²) in [6.45, 7) is 0.407. The Hall–Kier alpha value is -0.750. The van der Waals surface area contributed by atoms with Crippen molar-refractivity contribution >= 4 is 29.0 Å². The topological polar surface area (TPSA) is 29.0 Å². The summed E-state index contributed by atoms with van der Waals surface area (Å²) in [6, 6.07) is 0. The Kier molecular flexibility index (Phi) is 4.40. The molecule has 0 aliphatic carbocycles. The molecule has 2 rings (SSSR count). The fourth-order valence-electron chi connectivity index (χ4n) is 2.21. The normalized spacial score (nSPS) is 20.7. The Morgan fingerprint density at radius 3 is 2.74 bits per heavy atom. The van der Waals surface area contributed by atoms with Crippen LogP contribution in [0.2, 0.25) is 5.15 Å². The summed E-state index contributed by atoms with van der Waals surface area (Å²) < 4.78 is 38.3. The van der Waals surface area contributed by atoms with Gasteiger partial charge in [0.15, 0.2) is 0 Å². The highest BCUT2D eigenvalue weighted by Crippen LogP contribution is 2.36. The summed E-state index contributed by atoms with van der Waals surface area (Å²) in [6.07, 6.45) is -2.33. The van der Waals surface area contributed by atoms with Gasteiger partial charge in [-0.25, -0.2) is 9.97 Å². The van der Waals surface area contributed by atoms with Crippen LogP contribution < -0.4 is 4.90 Å². The van der Waals surface area contributed by atoms with Gasteiger partial charge in [-0.05, 0) is 12.8 Å². The number of piperidine rings is 1. The van der Waals surface area contributed by atoms with Crippen LogP contribution in [0.4, 0.5) is 19.0 Å². The third kappa shape index (κ3) is 3.23. The van der Waals surface area contributed by atoms with Crippen molar-refractivity contribution in [2.24, 2.45) is 5.92 Å². The molecule has 1 aromatic heterocycles. The van der Waals surface area contributed by atoms with E-state index in [0.29, 0.717) is 24.3 Å². The summed E-state index contributed by atoms with van der Waals surface area (Å²) >= 11 is 11.7. The number of hydrogen-bond donors (Lipinski definition) is 0. The average molecular weight is 314 g/mol. The molecule has 0 aromatic carbocycles. The van der Waals surface area contributed by atoms with Gasteiger partial charge < -0.3 is 4.90 Å². The molecule has 0 N–H and O–H groups in total. The van der Waals surface area contributed by atoms with Crippen molar-refractivity contribution in [2.75, 3.05) is 18.0 Å². The van der Waals surface area contributed by atoms with E-state index in [1.807, 2.05) is 0 Å². The lowest BCUT2D eigenvalue weighted by atomic mass is 9.97. The second kappa shape index (κ2) is 5.71. The van der Waals surface area contributed by atoms with Gasteiger partial charge in [-0.3, -0.25) is 0 Å². The maximum atomic E-state index is 12.8. The molecule has 0 spiro atoms. The predicted molar refractivity (Wildman–Crippen MR) is 67.6 cm³/mol. The van der Waals surface area contributed by atoms with Gasteiger partial charge in [0.25, 0.3) is 0 Å². The molecule has 2 heterocycles. The lowest BCUT2D eigenvalue weighted by Crippen LogP contribution is -2.42. The molecule has 1 saturated heterocycles. The Morgan fingerprint density at radius 2 is 2.11 bits per heavy atom. The SMILES string of the molecule is FC(F)(F)C1CCCN(c2ncnc(Cl)c2CCl)C1. The lowest BCUT2D eigenvalue weighted by molar-refractivity contribution is -0.176. The van der Waals surface area contributed by atoms with Crippen LogP contribution in [0.3, 0.4) is 0 Å². The van der Waals surface area contributed by atoms with E-state index in [2.05, 4.69) is 9.97 Å². The van der Waals surface area contributed by atoms with E-state index < -0.39 is 12.1 Å². The summed E-state index contributed by atoms with van der Waals surface area (Å²) in [4.78, 5) is 9.41. The molecule has 0 bridgehead atoms. The van der Waals surface area contributed by atoms with Crippen molar-refractivity contribution in [1.29, 1.82) is 0 Å². The zero-order chi connectivity index (χ0) is 14.0. The van der Waals surface area contributed by atoms with E-state index >= 15 is 0 Å². The first-order valence-corrected chi connectivity index (χ1v) is 6.71. The molecule has 0 saturated carbocycles. The summed E-state index contributed by atoms with van der Waals surface area (Å²) in [5.74, 6) is -0.857. The van der Waals surface area contributed by atoms with Gasteiger partial charge in [0.05, 0.1) is 11.8 Å². The van der Waals surface area contributed by atoms with Crippen LogP contribution >= 0.6 is 23.2 Å². The van der Waals surface area contributed by atoms with Crippen LogP contribution in [0.5, 0.6) is 0 Å². The number of halogens is 5. The molecule has 1 fully saturated rings. The van der Waals surface area contributed by atoms with Gasteiger partial charge in [0, 0.05) is 18.7 Å². The first-order chi connectivity index (χ1) is 8.93. The van der Waals surface area contributed by atoms with Crippen LogP contribution in [0.1, 0.15) is 18.4 Å². The van der Waals surface area contributed by atoms with Crippen molar-refractivity contribution in [2.45, 2.75) is 24.9 Å². The van der Waals surface area contributed by atoms with E-state index in [9.17, 15) is 13.2 Å². The first-order valence-electron chi connectivity index (χ1n) is 5.80. The van der Waals surface area contributed by atoms with Crippen molar-refractivity contribution in [3.05, 3.63) is 17.0 Å². The second-order valence-electron chi connectivity index (χ2n) is 4.43. The Labute approximate surface area is 118 Å². The molecule has 0 radical (unpaired) electrons. The molecule has 1 atom stereocenters. The molecule has 1 aliphatic rings. The van der Waals surface area contributed by atoms with Gasteiger partial charge in [0.1, 0.15) is 17.3 Å². The predicted octanol–water partition coefficient (Wildman–Crippen LogP) is 3.65. The molecule has 1 unspecified atom stereocenters. The summed E-state index contributed by atoms with van der Waals surface area (Å²) in [7, 11) is 0. The molecule has 106 valence electrons. The number of alkyl halides is 4. The van der Waals surface area contributed by atoms with Crippen molar-refractivity contribution in [3.8, 4) is 0 Å². The fourth-order valence-corrected chi connectivity index (χ4v) is 2.72. The van der Waals surface area contributed by atoms with Crippen LogP contribution in [-0.2, 0) is 5.88 Å². The highest BCUT2D eigenvalue weighted by atomic mass is 35.5. The third-order valence-corrected chi connectivity index (χ3v) is 3.78. The number of rotatable bonds is 2. The molecule has 1 aliphatic heterocycles. The van der Waals surface area contributed by atoms with Crippen LogP contribution in [-0.4, -0.2) is 29.2 Å². The zero-order valence-electron chi connectivity index (χ0n) is 9.92. The van der Waals surface area contributed by atoms with E-state index in [1.54, 1.807) is 4.90 Å². The standard InChI is InChI=1S/C11H12Cl2F3N3/c12-4-8-9(13)17-6-18-10(8)19-3-1-2-7(5-19)11(14,15)16/h6-7H,1-5H2. The van der Waals surface area contributed by atoms with Gasteiger partial charge in [0.2, 0.25) is 0 Å². The van der Waals surface area contributed by atoms with E-state index in [-0.39, 0.29) is 24.0 Å². The molecule has 19 heavy (non-hydrogen) atoms. The summed E-state index contributed by atoms with van der Waals surface area (Å²) in [5.41, 5.74) is 0.480. The van der Waals surface area contributed by atoms with E-state index in [4.69, 9.17) is 23.2 Å². The van der Waals surface area contributed by atoms with Crippen LogP contribution in [0, 0.1) is 5.92 Å². The largest absolute Gasteiger partial charge is 0.393 e. The quantitative estimate of drug-likeness (QED) is 0.616. The number of nitrogens with zero attached hydrogens (tertiary/aromatic N) is 3. The van der Waals surface area contributed by atoms with Crippen LogP contribution in [0.15, 0.2) is 6.33 Å². The average Bonchev–Trinajstić information content (AvgIpc) is 2.37. The maximum absolute atomic E-state index is 12.8. The zero-order valence-corrected chi connectivity index (χ0v) is 11.4.